The van der Waals surface area contributed by atoms with Crippen LogP contribution in [-0.2, 0) is 11.3 Å². The lowest BCUT2D eigenvalue weighted by Crippen LogP contribution is -2.53. The third-order valence-corrected chi connectivity index (χ3v) is 5.91. The maximum atomic E-state index is 12.6. The van der Waals surface area contributed by atoms with Gasteiger partial charge in [-0.3, -0.25) is 19.1 Å². The molecule has 0 bridgehead atoms. The van der Waals surface area contributed by atoms with E-state index in [4.69, 9.17) is 5.11 Å². The fourth-order valence-corrected chi connectivity index (χ4v) is 4.34. The Labute approximate surface area is 176 Å². The van der Waals surface area contributed by atoms with Crippen molar-refractivity contribution in [3.05, 3.63) is 34.9 Å². The van der Waals surface area contributed by atoms with Crippen LogP contribution in [0.2, 0.25) is 0 Å². The molecule has 8 nitrogen and oxygen atoms in total. The first-order chi connectivity index (χ1) is 14.8. The minimum atomic E-state index is -4.38. The summed E-state index contributed by atoms with van der Waals surface area (Å²) in [4.78, 5) is 34.1. The van der Waals surface area contributed by atoms with Gasteiger partial charge >= 0.3 is 6.18 Å². The Balaban J connectivity index is 1.41. The van der Waals surface area contributed by atoms with Gasteiger partial charge in [0.25, 0.3) is 5.56 Å². The molecular weight excluding hydrogens is 415 g/mol. The third-order valence-electron chi connectivity index (χ3n) is 5.91. The number of nitrogens with zero attached hydrogens (tertiary/aromatic N) is 5. The minimum Gasteiger partial charge on any atom is -0.395 e. The molecule has 1 aromatic heterocycles. The highest BCUT2D eigenvalue weighted by molar-refractivity contribution is 5.84. The molecule has 2 saturated heterocycles. The number of alkyl halides is 3. The topological polar surface area (TPSA) is 81.9 Å². The van der Waals surface area contributed by atoms with Crippen molar-refractivity contribution in [2.45, 2.75) is 25.2 Å². The second kappa shape index (κ2) is 8.46. The zero-order valence-electron chi connectivity index (χ0n) is 16.9. The van der Waals surface area contributed by atoms with Gasteiger partial charge in [-0.15, -0.1) is 0 Å². The van der Waals surface area contributed by atoms with Gasteiger partial charge in [-0.25, -0.2) is 4.98 Å². The highest BCUT2D eigenvalue weighted by atomic mass is 19.4. The molecule has 2 aliphatic heterocycles. The Morgan fingerprint density at radius 1 is 1.10 bits per heavy atom. The second-order valence-corrected chi connectivity index (χ2v) is 7.87. The van der Waals surface area contributed by atoms with Crippen molar-refractivity contribution < 1.29 is 23.1 Å². The van der Waals surface area contributed by atoms with Gasteiger partial charge in [-0.1, -0.05) is 0 Å². The lowest BCUT2D eigenvalue weighted by molar-refractivity contribution is -0.159. The Morgan fingerprint density at radius 2 is 1.84 bits per heavy atom. The van der Waals surface area contributed by atoms with Crippen molar-refractivity contribution in [2.75, 3.05) is 50.8 Å². The number of piperazine rings is 1. The van der Waals surface area contributed by atoms with Crippen molar-refractivity contribution in [1.29, 1.82) is 0 Å². The second-order valence-electron chi connectivity index (χ2n) is 7.87. The summed E-state index contributed by atoms with van der Waals surface area (Å²) < 4.78 is 39.3. The van der Waals surface area contributed by atoms with Crippen molar-refractivity contribution in [3.8, 4) is 0 Å². The van der Waals surface area contributed by atoms with Crippen LogP contribution in [0.1, 0.15) is 6.42 Å². The zero-order valence-corrected chi connectivity index (χ0v) is 16.9. The number of anilines is 1. The molecule has 0 spiro atoms. The molecule has 1 N–H and O–H groups in total. The largest absolute Gasteiger partial charge is 0.406 e. The van der Waals surface area contributed by atoms with Gasteiger partial charge in [0.2, 0.25) is 5.91 Å². The minimum absolute atomic E-state index is 0.132. The summed E-state index contributed by atoms with van der Waals surface area (Å²) in [6, 6.07) is 4.90. The molecule has 3 heterocycles. The van der Waals surface area contributed by atoms with E-state index in [2.05, 4.69) is 9.88 Å². The van der Waals surface area contributed by atoms with E-state index in [0.29, 0.717) is 43.5 Å². The fraction of sp³-hybridized carbons (Fsp3) is 0.550. The molecule has 168 valence electrons. The maximum absolute atomic E-state index is 12.6. The number of aliphatic hydroxyl groups excluding tert-OH is 1. The molecule has 1 aromatic carbocycles. The first kappa shape index (κ1) is 21.6. The highest BCUT2D eigenvalue weighted by Crippen LogP contribution is 2.26. The Hall–Kier alpha value is -2.66. The molecule has 11 heteroatoms. The van der Waals surface area contributed by atoms with E-state index in [1.165, 1.54) is 10.9 Å². The van der Waals surface area contributed by atoms with Gasteiger partial charge in [0.1, 0.15) is 6.54 Å². The third kappa shape index (κ3) is 4.52. The molecule has 2 aromatic rings. The summed E-state index contributed by atoms with van der Waals surface area (Å²) in [5.74, 6) is -0.445. The predicted octanol–water partition coefficient (Wildman–Crippen LogP) is 0.674. The SMILES string of the molecule is O=C1C(N2CCN(c3ccc4c(=O)n(CCO)cnc4c3)CC2)CCN1CC(F)(F)F. The average molecular weight is 439 g/mol. The van der Waals surface area contributed by atoms with Crippen LogP contribution in [0.15, 0.2) is 29.3 Å². The van der Waals surface area contributed by atoms with Gasteiger partial charge in [0.05, 0.1) is 36.4 Å². The van der Waals surface area contributed by atoms with E-state index < -0.39 is 24.7 Å². The number of amides is 1. The van der Waals surface area contributed by atoms with E-state index in [1.807, 2.05) is 17.0 Å². The molecule has 1 atom stereocenters. The number of aliphatic hydroxyl groups is 1. The average Bonchev–Trinajstić information content (AvgIpc) is 3.09. The molecule has 1 unspecified atom stereocenters. The van der Waals surface area contributed by atoms with Crippen LogP contribution in [0.25, 0.3) is 10.9 Å². The summed E-state index contributed by atoms with van der Waals surface area (Å²) in [5.41, 5.74) is 1.25. The first-order valence-electron chi connectivity index (χ1n) is 10.2. The standard InChI is InChI=1S/C20H24F3N5O3/c21-20(22,23)12-27-4-3-17(19(27)31)26-7-5-25(6-8-26)14-1-2-15-16(11-14)24-13-28(9-10-29)18(15)30/h1-2,11,13,17,29H,3-10,12H2. The number of hydrogen-bond donors (Lipinski definition) is 1. The van der Waals surface area contributed by atoms with Crippen LogP contribution in [0, 0.1) is 0 Å². The molecule has 0 radical (unpaired) electrons. The number of hydrogen-bond acceptors (Lipinski definition) is 6. The normalized spacial score (nSPS) is 20.8. The summed E-state index contributed by atoms with van der Waals surface area (Å²) in [7, 11) is 0. The summed E-state index contributed by atoms with van der Waals surface area (Å²) >= 11 is 0. The fourth-order valence-electron chi connectivity index (χ4n) is 4.34. The van der Waals surface area contributed by atoms with Gasteiger partial charge < -0.3 is 14.9 Å². The quantitative estimate of drug-likeness (QED) is 0.738. The van der Waals surface area contributed by atoms with E-state index in [9.17, 15) is 22.8 Å². The number of rotatable bonds is 5. The number of carbonyl (C=O) groups excluding carboxylic acids is 1. The molecular formula is C20H24F3N5O3. The van der Waals surface area contributed by atoms with Gasteiger partial charge in [-0.05, 0) is 24.6 Å². The lowest BCUT2D eigenvalue weighted by Gasteiger charge is -2.38. The molecule has 2 fully saturated rings. The Kier molecular flexibility index (Phi) is 5.89. The van der Waals surface area contributed by atoms with Crippen molar-refractivity contribution in [2.24, 2.45) is 0 Å². The van der Waals surface area contributed by atoms with E-state index in [1.54, 1.807) is 6.07 Å². The van der Waals surface area contributed by atoms with Crippen molar-refractivity contribution in [3.63, 3.8) is 0 Å². The van der Waals surface area contributed by atoms with Crippen molar-refractivity contribution in [1.82, 2.24) is 19.4 Å². The van der Waals surface area contributed by atoms with E-state index in [-0.39, 0.29) is 25.3 Å². The molecule has 0 aliphatic carbocycles. The van der Waals surface area contributed by atoms with Crippen LogP contribution >= 0.6 is 0 Å². The molecule has 31 heavy (non-hydrogen) atoms. The number of benzene rings is 1. The summed E-state index contributed by atoms with van der Waals surface area (Å²) in [5, 5.41) is 9.51. The molecule has 0 saturated carbocycles. The highest BCUT2D eigenvalue weighted by Gasteiger charge is 2.42. The Morgan fingerprint density at radius 3 is 2.52 bits per heavy atom. The van der Waals surface area contributed by atoms with E-state index >= 15 is 0 Å². The lowest BCUT2D eigenvalue weighted by atomic mass is 10.1. The Bertz CT molecular complexity index is 1020. The summed E-state index contributed by atoms with van der Waals surface area (Å²) in [6.07, 6.45) is -2.55. The van der Waals surface area contributed by atoms with Gasteiger partial charge in [-0.2, -0.15) is 13.2 Å². The van der Waals surface area contributed by atoms with Crippen LogP contribution in [-0.4, -0.2) is 88.5 Å². The number of halogens is 3. The number of fused-ring (bicyclic) bond motifs is 1. The van der Waals surface area contributed by atoms with E-state index in [0.717, 1.165) is 10.6 Å². The molecule has 1 amide bonds. The van der Waals surface area contributed by atoms with Crippen molar-refractivity contribution >= 4 is 22.5 Å². The number of carbonyl (C=O) groups is 1. The van der Waals surface area contributed by atoms with Crippen LogP contribution < -0.4 is 10.5 Å². The molecule has 4 rings (SSSR count). The maximum Gasteiger partial charge on any atom is 0.406 e. The summed E-state index contributed by atoms with van der Waals surface area (Å²) in [6.45, 7) is 1.37. The van der Waals surface area contributed by atoms with Crippen LogP contribution in [0.4, 0.5) is 18.9 Å². The zero-order chi connectivity index (χ0) is 22.2. The number of likely N-dealkylation sites (tertiary alicyclic amines) is 1. The predicted molar refractivity (Wildman–Crippen MR) is 108 cm³/mol. The van der Waals surface area contributed by atoms with Gasteiger partial charge in [0, 0.05) is 38.4 Å². The smallest absolute Gasteiger partial charge is 0.395 e. The first-order valence-corrected chi connectivity index (χ1v) is 10.2. The van der Waals surface area contributed by atoms with Gasteiger partial charge in [0.15, 0.2) is 0 Å². The molecule has 2 aliphatic rings. The monoisotopic (exact) mass is 439 g/mol. The van der Waals surface area contributed by atoms with Crippen LogP contribution in [0.5, 0.6) is 0 Å². The van der Waals surface area contributed by atoms with Crippen LogP contribution in [0.3, 0.4) is 0 Å². The number of aromatic nitrogens is 2.